The third-order valence-electron chi connectivity index (χ3n) is 3.58. The van der Waals surface area contributed by atoms with Crippen molar-refractivity contribution in [2.24, 2.45) is 5.92 Å². The highest BCUT2D eigenvalue weighted by atomic mass is 32.2. The predicted molar refractivity (Wildman–Crippen MR) is 79.0 cm³/mol. The van der Waals surface area contributed by atoms with Crippen LogP contribution in [0.15, 0.2) is 23.4 Å². The summed E-state index contributed by atoms with van der Waals surface area (Å²) >= 11 is 0. The van der Waals surface area contributed by atoms with Gasteiger partial charge in [0.1, 0.15) is 10.7 Å². The lowest BCUT2D eigenvalue weighted by molar-refractivity contribution is -0.134. The minimum Gasteiger partial charge on any atom is -0.341 e. The van der Waals surface area contributed by atoms with Crippen LogP contribution in [0.5, 0.6) is 0 Å². The fraction of sp³-hybridized carbons (Fsp3) is 0.571. The highest BCUT2D eigenvalue weighted by Crippen LogP contribution is 2.18. The largest absolute Gasteiger partial charge is 0.341 e. The van der Waals surface area contributed by atoms with E-state index in [0.29, 0.717) is 26.1 Å². The van der Waals surface area contributed by atoms with Crippen molar-refractivity contribution >= 4 is 15.9 Å². The van der Waals surface area contributed by atoms with Gasteiger partial charge in [-0.25, -0.2) is 12.8 Å². The molecule has 122 valence electrons. The molecular weight excluding hydrogens is 309 g/mol. The first-order valence-electron chi connectivity index (χ1n) is 7.22. The van der Waals surface area contributed by atoms with Crippen LogP contribution in [0.4, 0.5) is 4.39 Å². The van der Waals surface area contributed by atoms with Crippen molar-refractivity contribution in [2.45, 2.75) is 25.2 Å². The number of pyridine rings is 1. The van der Waals surface area contributed by atoms with E-state index >= 15 is 0 Å². The number of carbonyl (C=O) groups excluding carboxylic acids is 1. The average molecular weight is 329 g/mol. The van der Waals surface area contributed by atoms with Crippen LogP contribution in [0.1, 0.15) is 20.3 Å². The first-order valence-corrected chi connectivity index (χ1v) is 8.66. The SMILES string of the molecule is CC(C)C(=O)N1CCCN(S(=O)(=O)c2cncc(F)c2)CC1. The molecule has 1 aliphatic rings. The first-order chi connectivity index (χ1) is 10.3. The van der Waals surface area contributed by atoms with E-state index in [4.69, 9.17) is 0 Å². The van der Waals surface area contributed by atoms with E-state index < -0.39 is 15.8 Å². The third kappa shape index (κ3) is 3.61. The maximum Gasteiger partial charge on any atom is 0.244 e. The molecule has 0 aromatic carbocycles. The van der Waals surface area contributed by atoms with Gasteiger partial charge < -0.3 is 4.90 Å². The second kappa shape index (κ2) is 6.70. The highest BCUT2D eigenvalue weighted by molar-refractivity contribution is 7.89. The summed E-state index contributed by atoms with van der Waals surface area (Å²) in [4.78, 5) is 17.1. The Labute approximate surface area is 130 Å². The minimum atomic E-state index is -3.78. The summed E-state index contributed by atoms with van der Waals surface area (Å²) in [7, 11) is -3.78. The minimum absolute atomic E-state index is 0.0201. The molecular formula is C14H20FN3O3S. The Kier molecular flexibility index (Phi) is 5.12. The van der Waals surface area contributed by atoms with Crippen LogP contribution in [0.25, 0.3) is 0 Å². The molecule has 1 fully saturated rings. The van der Waals surface area contributed by atoms with Crippen molar-refractivity contribution in [1.29, 1.82) is 0 Å². The maximum atomic E-state index is 13.2. The van der Waals surface area contributed by atoms with Gasteiger partial charge in [0.2, 0.25) is 15.9 Å². The Morgan fingerprint density at radius 3 is 2.59 bits per heavy atom. The lowest BCUT2D eigenvalue weighted by Crippen LogP contribution is -2.39. The molecule has 2 heterocycles. The Balaban J connectivity index is 2.15. The molecule has 8 heteroatoms. The number of carbonyl (C=O) groups is 1. The van der Waals surface area contributed by atoms with Crippen LogP contribution in [0.2, 0.25) is 0 Å². The maximum absolute atomic E-state index is 13.2. The van der Waals surface area contributed by atoms with Gasteiger partial charge in [0.15, 0.2) is 0 Å². The molecule has 0 N–H and O–H groups in total. The molecule has 0 aliphatic carbocycles. The molecule has 0 unspecified atom stereocenters. The number of amides is 1. The third-order valence-corrected chi connectivity index (χ3v) is 5.44. The number of hydrogen-bond acceptors (Lipinski definition) is 4. The van der Waals surface area contributed by atoms with E-state index in [9.17, 15) is 17.6 Å². The number of halogens is 1. The van der Waals surface area contributed by atoms with Gasteiger partial charge >= 0.3 is 0 Å². The Hall–Kier alpha value is -1.54. The van der Waals surface area contributed by atoms with Crippen molar-refractivity contribution < 1.29 is 17.6 Å². The van der Waals surface area contributed by atoms with Crippen LogP contribution in [-0.4, -0.2) is 54.7 Å². The van der Waals surface area contributed by atoms with E-state index in [-0.39, 0.29) is 23.3 Å². The lowest BCUT2D eigenvalue weighted by atomic mass is 10.2. The fourth-order valence-corrected chi connectivity index (χ4v) is 3.85. The Morgan fingerprint density at radius 2 is 1.95 bits per heavy atom. The van der Waals surface area contributed by atoms with Gasteiger partial charge in [-0.15, -0.1) is 0 Å². The monoisotopic (exact) mass is 329 g/mol. The summed E-state index contributed by atoms with van der Waals surface area (Å²) in [6.07, 6.45) is 2.66. The van der Waals surface area contributed by atoms with E-state index in [1.165, 1.54) is 4.31 Å². The van der Waals surface area contributed by atoms with E-state index in [1.54, 1.807) is 4.90 Å². The fourth-order valence-electron chi connectivity index (χ4n) is 2.40. The first kappa shape index (κ1) is 16.8. The molecule has 22 heavy (non-hydrogen) atoms. The highest BCUT2D eigenvalue weighted by Gasteiger charge is 2.29. The molecule has 1 saturated heterocycles. The Bertz CT molecular complexity index is 648. The number of hydrogen-bond donors (Lipinski definition) is 0. The zero-order valence-electron chi connectivity index (χ0n) is 12.7. The van der Waals surface area contributed by atoms with Gasteiger partial charge in [-0.2, -0.15) is 4.31 Å². The van der Waals surface area contributed by atoms with Gasteiger partial charge in [-0.1, -0.05) is 13.8 Å². The van der Waals surface area contributed by atoms with E-state index in [0.717, 1.165) is 18.5 Å². The molecule has 1 amide bonds. The van der Waals surface area contributed by atoms with Crippen LogP contribution in [-0.2, 0) is 14.8 Å². The number of rotatable bonds is 3. The van der Waals surface area contributed by atoms with Gasteiger partial charge in [-0.05, 0) is 12.5 Å². The van der Waals surface area contributed by atoms with E-state index in [2.05, 4.69) is 4.98 Å². The average Bonchev–Trinajstić information content (AvgIpc) is 2.72. The molecule has 1 aromatic rings. The molecule has 1 aliphatic heterocycles. The molecule has 2 rings (SSSR count). The lowest BCUT2D eigenvalue weighted by Gasteiger charge is -2.23. The van der Waals surface area contributed by atoms with Crippen LogP contribution < -0.4 is 0 Å². The topological polar surface area (TPSA) is 70.6 Å². The van der Waals surface area contributed by atoms with Crippen molar-refractivity contribution in [3.05, 3.63) is 24.3 Å². The molecule has 0 saturated carbocycles. The summed E-state index contributed by atoms with van der Waals surface area (Å²) < 4.78 is 39.5. The molecule has 0 atom stereocenters. The zero-order valence-corrected chi connectivity index (χ0v) is 13.5. The van der Waals surface area contributed by atoms with Gasteiger partial charge in [0.25, 0.3) is 0 Å². The molecule has 0 radical (unpaired) electrons. The van der Waals surface area contributed by atoms with E-state index in [1.807, 2.05) is 13.8 Å². The zero-order chi connectivity index (χ0) is 16.3. The second-order valence-corrected chi connectivity index (χ2v) is 7.51. The summed E-state index contributed by atoms with van der Waals surface area (Å²) in [6, 6.07) is 0.963. The van der Waals surface area contributed by atoms with Gasteiger partial charge in [0.05, 0.1) is 6.20 Å². The summed E-state index contributed by atoms with van der Waals surface area (Å²) in [6.45, 7) is 5.03. The summed E-state index contributed by atoms with van der Waals surface area (Å²) in [5.74, 6) is -0.783. The smallest absolute Gasteiger partial charge is 0.244 e. The number of aromatic nitrogens is 1. The second-order valence-electron chi connectivity index (χ2n) is 5.58. The molecule has 1 aromatic heterocycles. The number of sulfonamides is 1. The summed E-state index contributed by atoms with van der Waals surface area (Å²) in [5, 5.41) is 0. The molecule has 6 nitrogen and oxygen atoms in total. The quantitative estimate of drug-likeness (QED) is 0.832. The molecule has 0 spiro atoms. The predicted octanol–water partition coefficient (Wildman–Crippen LogP) is 1.10. The van der Waals surface area contributed by atoms with Crippen LogP contribution >= 0.6 is 0 Å². The van der Waals surface area contributed by atoms with Gasteiger partial charge in [-0.3, -0.25) is 9.78 Å². The van der Waals surface area contributed by atoms with Crippen LogP contribution in [0.3, 0.4) is 0 Å². The standard InChI is InChI=1S/C14H20FN3O3S/c1-11(2)14(19)17-4-3-5-18(7-6-17)22(20,21)13-8-12(15)9-16-10-13/h8-11H,3-7H2,1-2H3. The van der Waals surface area contributed by atoms with Crippen molar-refractivity contribution in [3.63, 3.8) is 0 Å². The van der Waals surface area contributed by atoms with Crippen molar-refractivity contribution in [1.82, 2.24) is 14.2 Å². The van der Waals surface area contributed by atoms with Crippen molar-refractivity contribution in [3.8, 4) is 0 Å². The van der Waals surface area contributed by atoms with Gasteiger partial charge in [0, 0.05) is 38.3 Å². The van der Waals surface area contributed by atoms with Crippen LogP contribution in [0, 0.1) is 11.7 Å². The summed E-state index contributed by atoms with van der Waals surface area (Å²) in [5.41, 5.74) is 0. The van der Waals surface area contributed by atoms with Crippen molar-refractivity contribution in [2.75, 3.05) is 26.2 Å². The normalized spacial score (nSPS) is 17.5. The Morgan fingerprint density at radius 1 is 1.23 bits per heavy atom. The number of nitrogens with zero attached hydrogens (tertiary/aromatic N) is 3. The molecule has 0 bridgehead atoms.